The molecule has 1 aliphatic heterocycles. The molecule has 0 saturated carbocycles. The van der Waals surface area contributed by atoms with Gasteiger partial charge in [-0.1, -0.05) is 18.2 Å². The Balaban J connectivity index is 1.49. The summed E-state index contributed by atoms with van der Waals surface area (Å²) in [6.45, 7) is 6.87. The number of hydrogen-bond donors (Lipinski definition) is 1. The van der Waals surface area contributed by atoms with Gasteiger partial charge in [-0.2, -0.15) is 0 Å². The van der Waals surface area contributed by atoms with Crippen LogP contribution in [0.25, 0.3) is 11.1 Å². The van der Waals surface area contributed by atoms with Crippen molar-refractivity contribution in [2.75, 3.05) is 25.4 Å². The summed E-state index contributed by atoms with van der Waals surface area (Å²) >= 11 is 0. The van der Waals surface area contributed by atoms with Gasteiger partial charge in [0.05, 0.1) is 0 Å². The third-order valence-electron chi connectivity index (χ3n) is 5.58. The largest absolute Gasteiger partial charge is 0.474 e. The van der Waals surface area contributed by atoms with Crippen molar-refractivity contribution in [2.24, 2.45) is 0 Å². The van der Waals surface area contributed by atoms with Gasteiger partial charge in [-0.05, 0) is 54.9 Å². The van der Waals surface area contributed by atoms with E-state index in [1.807, 2.05) is 24.4 Å². The number of fused-ring (bicyclic) bond motifs is 1. The molecule has 1 aromatic carbocycles. The highest BCUT2D eigenvalue weighted by Crippen LogP contribution is 2.36. The number of nitrogens with two attached hydrogens (primary N) is 1. The number of aromatic nitrogens is 1. The summed E-state index contributed by atoms with van der Waals surface area (Å²) in [5.74, 6) is 0.699. The summed E-state index contributed by atoms with van der Waals surface area (Å²) < 4.78 is 6.17. The number of hydrogen-bond acceptors (Lipinski definition) is 4. The fourth-order valence-corrected chi connectivity index (χ4v) is 4.15. The molecule has 2 heterocycles. The minimum Gasteiger partial charge on any atom is -0.474 e. The van der Waals surface area contributed by atoms with Crippen LogP contribution >= 0.6 is 0 Å². The molecule has 2 aliphatic rings. The summed E-state index contributed by atoms with van der Waals surface area (Å²) in [7, 11) is 0. The van der Waals surface area contributed by atoms with Crippen molar-refractivity contribution in [3.63, 3.8) is 0 Å². The lowest BCUT2D eigenvalue weighted by Crippen LogP contribution is -2.38. The first-order chi connectivity index (χ1) is 12.7. The first kappa shape index (κ1) is 17.1. The maximum absolute atomic E-state index is 6.47. The molecule has 26 heavy (non-hydrogen) atoms. The first-order valence-corrected chi connectivity index (χ1v) is 9.61. The van der Waals surface area contributed by atoms with Crippen molar-refractivity contribution >= 4 is 5.69 Å². The fraction of sp³-hybridized carbons (Fsp3) is 0.409. The Morgan fingerprint density at radius 3 is 2.88 bits per heavy atom. The van der Waals surface area contributed by atoms with Crippen LogP contribution in [0.3, 0.4) is 0 Å². The Morgan fingerprint density at radius 2 is 2.08 bits per heavy atom. The maximum Gasteiger partial charge on any atom is 0.214 e. The number of benzene rings is 1. The van der Waals surface area contributed by atoms with Gasteiger partial charge >= 0.3 is 0 Å². The van der Waals surface area contributed by atoms with E-state index < -0.39 is 0 Å². The molecular formula is C22H27N3O. The minimum atomic E-state index is 0.233. The molecule has 0 unspecified atom stereocenters. The van der Waals surface area contributed by atoms with Crippen molar-refractivity contribution in [3.05, 3.63) is 54.2 Å². The van der Waals surface area contributed by atoms with E-state index in [1.165, 1.54) is 17.5 Å². The lowest BCUT2D eigenvalue weighted by atomic mass is 9.98. The molecule has 1 aromatic heterocycles. The van der Waals surface area contributed by atoms with Gasteiger partial charge in [-0.3, -0.25) is 4.90 Å². The van der Waals surface area contributed by atoms with Crippen LogP contribution in [0.4, 0.5) is 5.69 Å². The van der Waals surface area contributed by atoms with Crippen molar-refractivity contribution in [1.82, 2.24) is 9.88 Å². The molecule has 1 fully saturated rings. The summed E-state index contributed by atoms with van der Waals surface area (Å²) in [6, 6.07) is 8.42. The predicted molar refractivity (Wildman–Crippen MR) is 106 cm³/mol. The van der Waals surface area contributed by atoms with Gasteiger partial charge in [-0.15, -0.1) is 6.58 Å². The zero-order valence-corrected chi connectivity index (χ0v) is 15.3. The van der Waals surface area contributed by atoms with Crippen molar-refractivity contribution in [2.45, 2.75) is 38.2 Å². The summed E-state index contributed by atoms with van der Waals surface area (Å²) in [6.07, 6.45) is 9.52. The molecule has 2 aromatic rings. The zero-order chi connectivity index (χ0) is 17.9. The standard InChI is InChI=1S/C22H27N3O/c1-2-12-25-13-9-18(10-14-25)26-21-15-17(8-11-24-21)20-7-6-16-4-3-5-19(16)22(20)23/h2,6-8,11,15,18H,1,3-5,9-10,12-14,23H2. The highest BCUT2D eigenvalue weighted by molar-refractivity contribution is 5.80. The van der Waals surface area contributed by atoms with Gasteiger partial charge in [0.25, 0.3) is 0 Å². The second kappa shape index (κ2) is 7.50. The zero-order valence-electron chi connectivity index (χ0n) is 15.3. The molecule has 136 valence electrons. The van der Waals surface area contributed by atoms with E-state index in [0.717, 1.165) is 62.1 Å². The smallest absolute Gasteiger partial charge is 0.214 e. The number of nitrogen functional groups attached to an aromatic ring is 1. The second-order valence-electron chi connectivity index (χ2n) is 7.31. The van der Waals surface area contributed by atoms with Crippen molar-refractivity contribution in [3.8, 4) is 17.0 Å². The van der Waals surface area contributed by atoms with Gasteiger partial charge < -0.3 is 10.5 Å². The molecule has 4 heteroatoms. The fourth-order valence-electron chi connectivity index (χ4n) is 4.15. The third kappa shape index (κ3) is 3.47. The molecule has 0 bridgehead atoms. The molecule has 1 saturated heterocycles. The molecule has 0 spiro atoms. The lowest BCUT2D eigenvalue weighted by Gasteiger charge is -2.31. The lowest BCUT2D eigenvalue weighted by molar-refractivity contribution is 0.103. The van der Waals surface area contributed by atoms with Crippen molar-refractivity contribution in [1.29, 1.82) is 0 Å². The highest BCUT2D eigenvalue weighted by Gasteiger charge is 2.21. The predicted octanol–water partition coefficient (Wildman–Crippen LogP) is 3.85. The van der Waals surface area contributed by atoms with Gasteiger partial charge in [0.15, 0.2) is 0 Å². The Kier molecular flexibility index (Phi) is 4.93. The van der Waals surface area contributed by atoms with Crippen LogP contribution in [-0.4, -0.2) is 35.6 Å². The highest BCUT2D eigenvalue weighted by atomic mass is 16.5. The molecule has 4 nitrogen and oxygen atoms in total. The number of anilines is 1. The Labute approximate surface area is 155 Å². The molecule has 0 radical (unpaired) electrons. The van der Waals surface area contributed by atoms with Gasteiger partial charge in [-0.25, -0.2) is 4.98 Å². The number of aryl methyl sites for hydroxylation is 1. The molecule has 1 aliphatic carbocycles. The summed E-state index contributed by atoms with van der Waals surface area (Å²) in [4.78, 5) is 6.83. The van der Waals surface area contributed by atoms with Crippen LogP contribution < -0.4 is 10.5 Å². The van der Waals surface area contributed by atoms with E-state index >= 15 is 0 Å². The van der Waals surface area contributed by atoms with Crippen LogP contribution in [0.15, 0.2) is 43.1 Å². The van der Waals surface area contributed by atoms with E-state index in [1.54, 1.807) is 0 Å². The number of pyridine rings is 1. The maximum atomic E-state index is 6.47. The van der Waals surface area contributed by atoms with Crippen LogP contribution in [0.2, 0.25) is 0 Å². The quantitative estimate of drug-likeness (QED) is 0.658. The van der Waals surface area contributed by atoms with E-state index in [-0.39, 0.29) is 6.10 Å². The van der Waals surface area contributed by atoms with Crippen LogP contribution in [0, 0.1) is 0 Å². The second-order valence-corrected chi connectivity index (χ2v) is 7.31. The number of nitrogens with zero attached hydrogens (tertiary/aromatic N) is 2. The minimum absolute atomic E-state index is 0.233. The number of likely N-dealkylation sites (tertiary alicyclic amines) is 1. The van der Waals surface area contributed by atoms with Gasteiger partial charge in [0.1, 0.15) is 6.10 Å². The summed E-state index contributed by atoms with van der Waals surface area (Å²) in [5, 5.41) is 0. The average Bonchev–Trinajstić information content (AvgIpc) is 3.14. The van der Waals surface area contributed by atoms with E-state index in [0.29, 0.717) is 5.88 Å². The molecule has 0 atom stereocenters. The topological polar surface area (TPSA) is 51.4 Å². The average molecular weight is 349 g/mol. The molecule has 0 amide bonds. The monoisotopic (exact) mass is 349 g/mol. The number of piperidine rings is 1. The Bertz CT molecular complexity index is 794. The van der Waals surface area contributed by atoms with E-state index in [9.17, 15) is 0 Å². The SMILES string of the molecule is C=CCN1CCC(Oc2cc(-c3ccc4c(c3N)CCC4)ccn2)CC1. The van der Waals surface area contributed by atoms with Crippen LogP contribution in [0.5, 0.6) is 5.88 Å². The third-order valence-corrected chi connectivity index (χ3v) is 5.58. The first-order valence-electron chi connectivity index (χ1n) is 9.61. The Hall–Kier alpha value is -2.33. The van der Waals surface area contributed by atoms with E-state index in [2.05, 4.69) is 28.6 Å². The van der Waals surface area contributed by atoms with Crippen LogP contribution in [0.1, 0.15) is 30.4 Å². The van der Waals surface area contributed by atoms with Gasteiger partial charge in [0.2, 0.25) is 5.88 Å². The molecular weight excluding hydrogens is 322 g/mol. The van der Waals surface area contributed by atoms with Crippen LogP contribution in [-0.2, 0) is 12.8 Å². The molecule has 4 rings (SSSR count). The molecule has 2 N–H and O–H groups in total. The van der Waals surface area contributed by atoms with Gasteiger partial charge in [0, 0.05) is 43.1 Å². The normalized spacial score (nSPS) is 17.8. The number of rotatable bonds is 5. The number of ether oxygens (including phenoxy) is 1. The summed E-state index contributed by atoms with van der Waals surface area (Å²) in [5.41, 5.74) is 12.3. The van der Waals surface area contributed by atoms with Crippen molar-refractivity contribution < 1.29 is 4.74 Å². The van der Waals surface area contributed by atoms with E-state index in [4.69, 9.17) is 10.5 Å². The Morgan fingerprint density at radius 1 is 1.23 bits per heavy atom.